The quantitative estimate of drug-likeness (QED) is 0.905. The van der Waals surface area contributed by atoms with E-state index in [0.29, 0.717) is 13.1 Å². The molecule has 120 valence electrons. The van der Waals surface area contributed by atoms with Gasteiger partial charge >= 0.3 is 6.03 Å². The van der Waals surface area contributed by atoms with Crippen LogP contribution in [0.3, 0.4) is 0 Å². The van der Waals surface area contributed by atoms with E-state index >= 15 is 0 Å². The first kappa shape index (κ1) is 16.2. The Bertz CT molecular complexity index is 580. The molecular weight excluding hydrogens is 292 g/mol. The van der Waals surface area contributed by atoms with Crippen LogP contribution in [-0.4, -0.2) is 42.5 Å². The lowest BCUT2D eigenvalue weighted by Crippen LogP contribution is -2.42. The number of urea groups is 1. The van der Waals surface area contributed by atoms with Gasteiger partial charge in [-0.05, 0) is 25.5 Å². The molecule has 0 aromatic heterocycles. The zero-order valence-corrected chi connectivity index (χ0v) is 12.6. The maximum atomic E-state index is 13.3. The van der Waals surface area contributed by atoms with Crippen LogP contribution in [0.5, 0.6) is 0 Å². The normalized spacial score (nSPS) is 16.1. The van der Waals surface area contributed by atoms with Gasteiger partial charge in [-0.15, -0.1) is 0 Å². The van der Waals surface area contributed by atoms with Crippen LogP contribution in [0.1, 0.15) is 20.3 Å². The number of hydrogen-bond donors (Lipinski definition) is 1. The molecule has 1 saturated heterocycles. The van der Waals surface area contributed by atoms with Crippen LogP contribution in [0, 0.1) is 11.6 Å². The third kappa shape index (κ3) is 3.52. The third-order valence-electron chi connectivity index (χ3n) is 3.66. The second-order valence-electron chi connectivity index (χ2n) is 5.33. The zero-order chi connectivity index (χ0) is 16.3. The van der Waals surface area contributed by atoms with Gasteiger partial charge in [0.05, 0.1) is 0 Å². The minimum atomic E-state index is -1.00. The van der Waals surface area contributed by atoms with Crippen LogP contribution >= 0.6 is 0 Å². The van der Waals surface area contributed by atoms with Crippen molar-refractivity contribution in [2.45, 2.75) is 26.3 Å². The largest absolute Gasteiger partial charge is 0.352 e. The smallest absolute Gasteiger partial charge is 0.325 e. The van der Waals surface area contributed by atoms with Crippen molar-refractivity contribution in [1.82, 2.24) is 10.2 Å². The predicted molar refractivity (Wildman–Crippen MR) is 78.6 cm³/mol. The van der Waals surface area contributed by atoms with Gasteiger partial charge in [-0.3, -0.25) is 9.69 Å². The summed E-state index contributed by atoms with van der Waals surface area (Å²) in [5, 5.41) is 2.79. The highest BCUT2D eigenvalue weighted by Gasteiger charge is 2.31. The highest BCUT2D eigenvalue weighted by atomic mass is 19.2. The van der Waals surface area contributed by atoms with Crippen molar-refractivity contribution in [2.75, 3.05) is 24.5 Å². The number of halogens is 2. The second kappa shape index (κ2) is 6.72. The highest BCUT2D eigenvalue weighted by Crippen LogP contribution is 2.22. The Hall–Kier alpha value is -2.18. The van der Waals surface area contributed by atoms with Gasteiger partial charge in [0.1, 0.15) is 6.54 Å². The maximum absolute atomic E-state index is 13.3. The lowest BCUT2D eigenvalue weighted by atomic mass is 10.2. The van der Waals surface area contributed by atoms with Crippen molar-refractivity contribution in [3.8, 4) is 0 Å². The first-order valence-corrected chi connectivity index (χ1v) is 7.23. The van der Waals surface area contributed by atoms with Crippen molar-refractivity contribution in [3.63, 3.8) is 0 Å². The molecule has 2 rings (SSSR count). The first-order valence-electron chi connectivity index (χ1n) is 7.23. The fourth-order valence-electron chi connectivity index (χ4n) is 2.22. The van der Waals surface area contributed by atoms with E-state index in [9.17, 15) is 18.4 Å². The van der Waals surface area contributed by atoms with E-state index in [1.807, 2.05) is 13.8 Å². The monoisotopic (exact) mass is 311 g/mol. The van der Waals surface area contributed by atoms with Crippen molar-refractivity contribution in [3.05, 3.63) is 29.8 Å². The molecule has 1 fully saturated rings. The number of nitrogens with zero attached hydrogens (tertiary/aromatic N) is 2. The molecule has 22 heavy (non-hydrogen) atoms. The van der Waals surface area contributed by atoms with Crippen LogP contribution in [-0.2, 0) is 4.79 Å². The van der Waals surface area contributed by atoms with Crippen molar-refractivity contribution in [1.29, 1.82) is 0 Å². The van der Waals surface area contributed by atoms with Crippen LogP contribution in [0.4, 0.5) is 19.3 Å². The van der Waals surface area contributed by atoms with Crippen molar-refractivity contribution in [2.24, 2.45) is 0 Å². The molecule has 1 atom stereocenters. The molecule has 1 N–H and O–H groups in total. The Labute approximate surface area is 127 Å². The Morgan fingerprint density at radius 1 is 1.32 bits per heavy atom. The van der Waals surface area contributed by atoms with Crippen LogP contribution in [0.25, 0.3) is 0 Å². The van der Waals surface area contributed by atoms with E-state index in [1.165, 1.54) is 15.9 Å². The maximum Gasteiger partial charge on any atom is 0.325 e. The summed E-state index contributed by atoms with van der Waals surface area (Å²) in [5.74, 6) is -2.19. The number of rotatable bonds is 5. The molecule has 0 aliphatic carbocycles. The average Bonchev–Trinajstić information content (AvgIpc) is 2.83. The summed E-state index contributed by atoms with van der Waals surface area (Å²) < 4.78 is 26.2. The van der Waals surface area contributed by atoms with Gasteiger partial charge in [-0.25, -0.2) is 13.6 Å². The molecule has 0 spiro atoms. The topological polar surface area (TPSA) is 52.7 Å². The number of carbonyl (C=O) groups is 2. The van der Waals surface area contributed by atoms with Gasteiger partial charge in [0, 0.05) is 30.9 Å². The Morgan fingerprint density at radius 2 is 2.05 bits per heavy atom. The lowest BCUT2D eigenvalue weighted by Gasteiger charge is -2.19. The Balaban J connectivity index is 2.00. The standard InChI is InChI=1S/C15H19F2N3O2/c1-3-10(2)18-14(21)9-19-6-7-20(15(19)22)11-4-5-12(16)13(17)8-11/h4-5,8,10H,3,6-7,9H2,1-2H3,(H,18,21). The molecule has 1 unspecified atom stereocenters. The summed E-state index contributed by atoms with van der Waals surface area (Å²) in [6, 6.07) is 2.98. The molecule has 1 aromatic carbocycles. The summed E-state index contributed by atoms with van der Waals surface area (Å²) in [6.45, 7) is 4.50. The average molecular weight is 311 g/mol. The van der Waals surface area contributed by atoms with Gasteiger partial charge in [0.2, 0.25) is 5.91 Å². The minimum Gasteiger partial charge on any atom is -0.352 e. The van der Waals surface area contributed by atoms with Gasteiger partial charge in [-0.2, -0.15) is 0 Å². The van der Waals surface area contributed by atoms with E-state index in [0.717, 1.165) is 18.6 Å². The molecule has 1 aliphatic heterocycles. The number of benzene rings is 1. The van der Waals surface area contributed by atoms with Gasteiger partial charge in [-0.1, -0.05) is 6.92 Å². The number of nitrogens with one attached hydrogen (secondary N) is 1. The number of carbonyl (C=O) groups excluding carboxylic acids is 2. The van der Waals surface area contributed by atoms with Crippen molar-refractivity contribution < 1.29 is 18.4 Å². The molecule has 1 aromatic rings. The molecule has 0 bridgehead atoms. The number of hydrogen-bond acceptors (Lipinski definition) is 2. The SMILES string of the molecule is CCC(C)NC(=O)CN1CCN(c2ccc(F)c(F)c2)C1=O. The predicted octanol–water partition coefficient (Wildman–Crippen LogP) is 2.12. The molecule has 0 radical (unpaired) electrons. The summed E-state index contributed by atoms with van der Waals surface area (Å²) in [4.78, 5) is 26.8. The van der Waals surface area contributed by atoms with Crippen molar-refractivity contribution >= 4 is 17.6 Å². The van der Waals surface area contributed by atoms with Gasteiger partial charge < -0.3 is 10.2 Å². The summed E-state index contributed by atoms with van der Waals surface area (Å²) in [6.07, 6.45) is 0.806. The van der Waals surface area contributed by atoms with E-state index in [4.69, 9.17) is 0 Å². The first-order chi connectivity index (χ1) is 10.4. The summed E-state index contributed by atoms with van der Waals surface area (Å²) in [7, 11) is 0. The van der Waals surface area contributed by atoms with Gasteiger partial charge in [0.25, 0.3) is 0 Å². The van der Waals surface area contributed by atoms with E-state index in [2.05, 4.69) is 5.32 Å². The molecular formula is C15H19F2N3O2. The Morgan fingerprint density at radius 3 is 2.68 bits per heavy atom. The zero-order valence-electron chi connectivity index (χ0n) is 12.6. The van der Waals surface area contributed by atoms with Gasteiger partial charge in [0.15, 0.2) is 11.6 Å². The fourth-order valence-corrected chi connectivity index (χ4v) is 2.22. The van der Waals surface area contributed by atoms with E-state index in [1.54, 1.807) is 0 Å². The highest BCUT2D eigenvalue weighted by molar-refractivity contribution is 5.96. The number of anilines is 1. The van der Waals surface area contributed by atoms with Crippen LogP contribution in [0.2, 0.25) is 0 Å². The third-order valence-corrected chi connectivity index (χ3v) is 3.66. The fraction of sp³-hybridized carbons (Fsp3) is 0.467. The molecule has 0 saturated carbocycles. The summed E-state index contributed by atoms with van der Waals surface area (Å²) in [5.41, 5.74) is 0.286. The molecule has 5 nitrogen and oxygen atoms in total. The molecule has 3 amide bonds. The molecule has 7 heteroatoms. The lowest BCUT2D eigenvalue weighted by molar-refractivity contribution is -0.122. The van der Waals surface area contributed by atoms with Crippen LogP contribution < -0.4 is 10.2 Å². The Kier molecular flexibility index (Phi) is 4.95. The van der Waals surface area contributed by atoms with Crippen LogP contribution in [0.15, 0.2) is 18.2 Å². The summed E-state index contributed by atoms with van der Waals surface area (Å²) >= 11 is 0. The van der Waals surface area contributed by atoms with E-state index in [-0.39, 0.29) is 30.2 Å². The second-order valence-corrected chi connectivity index (χ2v) is 5.33. The molecule has 1 aliphatic rings. The molecule has 1 heterocycles. The van der Waals surface area contributed by atoms with E-state index < -0.39 is 11.6 Å². The minimum absolute atomic E-state index is 0.0383. The number of amides is 3.